The zero-order chi connectivity index (χ0) is 34.7. The lowest BCUT2D eigenvalue weighted by molar-refractivity contribution is 0.805. The van der Waals surface area contributed by atoms with Crippen molar-refractivity contribution >= 4 is 21.5 Å². The second kappa shape index (κ2) is 14.0. The van der Waals surface area contributed by atoms with Crippen molar-refractivity contribution in [2.24, 2.45) is 0 Å². The Balaban J connectivity index is 1.13. The first-order valence-electron chi connectivity index (χ1n) is 18.2. The summed E-state index contributed by atoms with van der Waals surface area (Å²) >= 11 is 0. The molecule has 0 radical (unpaired) electrons. The lowest BCUT2D eigenvalue weighted by Gasteiger charge is -2.20. The van der Waals surface area contributed by atoms with Gasteiger partial charge in [-0.1, -0.05) is 206 Å². The number of rotatable bonds is 8. The van der Waals surface area contributed by atoms with Crippen LogP contribution in [0.5, 0.6) is 0 Å². The molecular formula is C52H38. The molecule has 0 nitrogen and oxygen atoms in total. The van der Waals surface area contributed by atoms with Gasteiger partial charge in [0, 0.05) is 5.92 Å². The van der Waals surface area contributed by atoms with Crippen LogP contribution in [0.3, 0.4) is 0 Å². The average Bonchev–Trinajstić information content (AvgIpc) is 3.23. The van der Waals surface area contributed by atoms with E-state index in [1.54, 1.807) is 0 Å². The Bertz CT molecular complexity index is 2520. The zero-order valence-electron chi connectivity index (χ0n) is 29.0. The minimum absolute atomic E-state index is 0.306. The Kier molecular flexibility index (Phi) is 8.49. The Hall–Kier alpha value is -6.50. The van der Waals surface area contributed by atoms with Crippen LogP contribution in [0.25, 0.3) is 66.1 Å². The summed E-state index contributed by atoms with van der Waals surface area (Å²) in [6, 6.07) is 77.5. The van der Waals surface area contributed by atoms with Crippen molar-refractivity contribution in [2.45, 2.75) is 12.3 Å². The summed E-state index contributed by atoms with van der Waals surface area (Å²) in [5, 5.41) is 5.06. The Morgan fingerprint density at radius 2 is 0.731 bits per heavy atom. The minimum Gasteiger partial charge on any atom is -0.0622 e. The third-order valence-electron chi connectivity index (χ3n) is 10.5. The van der Waals surface area contributed by atoms with Gasteiger partial charge in [-0.25, -0.2) is 0 Å². The lowest BCUT2D eigenvalue weighted by Crippen LogP contribution is -2.05. The summed E-state index contributed by atoms with van der Waals surface area (Å²) in [5.41, 5.74) is 14.0. The SMILES string of the molecule is c1ccc(-c2ccccc2-c2c3ccccc3c(-c3cccc(-c4ccc(CC(c5ccccc5)c5ccccc5)cc4)c3)c3ccccc23)cc1. The third kappa shape index (κ3) is 5.99. The van der Waals surface area contributed by atoms with Gasteiger partial charge in [0.25, 0.3) is 0 Å². The van der Waals surface area contributed by atoms with E-state index in [9.17, 15) is 0 Å². The van der Waals surface area contributed by atoms with Crippen molar-refractivity contribution in [3.05, 3.63) is 229 Å². The maximum absolute atomic E-state index is 2.37. The highest BCUT2D eigenvalue weighted by Crippen LogP contribution is 2.46. The number of hydrogen-bond acceptors (Lipinski definition) is 0. The maximum Gasteiger partial charge on any atom is 0.0130 e. The zero-order valence-corrected chi connectivity index (χ0v) is 29.0. The summed E-state index contributed by atoms with van der Waals surface area (Å²) in [4.78, 5) is 0. The van der Waals surface area contributed by atoms with Gasteiger partial charge in [-0.3, -0.25) is 0 Å². The van der Waals surface area contributed by atoms with Gasteiger partial charge >= 0.3 is 0 Å². The monoisotopic (exact) mass is 662 g/mol. The van der Waals surface area contributed by atoms with E-state index >= 15 is 0 Å². The van der Waals surface area contributed by atoms with Crippen molar-refractivity contribution in [2.75, 3.05) is 0 Å². The smallest absolute Gasteiger partial charge is 0.0130 e. The summed E-state index contributed by atoms with van der Waals surface area (Å²) in [6.07, 6.45) is 0.950. The van der Waals surface area contributed by atoms with Gasteiger partial charge in [-0.15, -0.1) is 0 Å². The van der Waals surface area contributed by atoms with Crippen molar-refractivity contribution in [3.63, 3.8) is 0 Å². The Labute approximate surface area is 306 Å². The van der Waals surface area contributed by atoms with Gasteiger partial charge in [0.05, 0.1) is 0 Å². The first-order chi connectivity index (χ1) is 25.8. The van der Waals surface area contributed by atoms with Crippen molar-refractivity contribution in [1.82, 2.24) is 0 Å². The van der Waals surface area contributed by atoms with E-state index in [-0.39, 0.29) is 0 Å². The summed E-state index contributed by atoms with van der Waals surface area (Å²) in [5.74, 6) is 0.306. The molecule has 0 bridgehead atoms. The quantitative estimate of drug-likeness (QED) is 0.142. The first-order valence-corrected chi connectivity index (χ1v) is 18.2. The second-order valence-electron chi connectivity index (χ2n) is 13.6. The van der Waals surface area contributed by atoms with E-state index in [0.29, 0.717) is 5.92 Å². The van der Waals surface area contributed by atoms with Gasteiger partial charge in [0.2, 0.25) is 0 Å². The molecule has 0 saturated carbocycles. The molecule has 0 aliphatic heterocycles. The van der Waals surface area contributed by atoms with E-state index in [1.165, 1.54) is 82.7 Å². The predicted octanol–water partition coefficient (Wildman–Crippen LogP) is 14.0. The Morgan fingerprint density at radius 3 is 1.31 bits per heavy atom. The number of benzene rings is 9. The molecule has 0 unspecified atom stereocenters. The fourth-order valence-corrected chi connectivity index (χ4v) is 8.02. The van der Waals surface area contributed by atoms with Gasteiger partial charge in [-0.05, 0) is 95.2 Å². The fourth-order valence-electron chi connectivity index (χ4n) is 8.02. The van der Waals surface area contributed by atoms with Crippen LogP contribution in [0.1, 0.15) is 22.6 Å². The molecule has 0 N–H and O–H groups in total. The van der Waals surface area contributed by atoms with Crippen LogP contribution in [-0.4, -0.2) is 0 Å². The van der Waals surface area contributed by atoms with Crippen LogP contribution in [0.4, 0.5) is 0 Å². The molecule has 0 heterocycles. The fraction of sp³-hybridized carbons (Fsp3) is 0.0385. The van der Waals surface area contributed by atoms with Crippen molar-refractivity contribution < 1.29 is 0 Å². The molecule has 0 amide bonds. The third-order valence-corrected chi connectivity index (χ3v) is 10.5. The molecule has 0 aliphatic rings. The molecular weight excluding hydrogens is 625 g/mol. The van der Waals surface area contributed by atoms with Crippen molar-refractivity contribution in [1.29, 1.82) is 0 Å². The molecule has 9 aromatic carbocycles. The van der Waals surface area contributed by atoms with Gasteiger partial charge in [0.1, 0.15) is 0 Å². The van der Waals surface area contributed by atoms with Crippen LogP contribution in [0, 0.1) is 0 Å². The van der Waals surface area contributed by atoms with E-state index in [1.807, 2.05) is 0 Å². The first kappa shape index (κ1) is 31.5. The second-order valence-corrected chi connectivity index (χ2v) is 13.6. The molecule has 246 valence electrons. The molecule has 9 aromatic rings. The van der Waals surface area contributed by atoms with Crippen LogP contribution in [0.2, 0.25) is 0 Å². The molecule has 9 rings (SSSR count). The summed E-state index contributed by atoms with van der Waals surface area (Å²) < 4.78 is 0. The predicted molar refractivity (Wildman–Crippen MR) is 222 cm³/mol. The van der Waals surface area contributed by atoms with Gasteiger partial charge < -0.3 is 0 Å². The van der Waals surface area contributed by atoms with E-state index < -0.39 is 0 Å². The van der Waals surface area contributed by atoms with Crippen LogP contribution in [-0.2, 0) is 6.42 Å². The normalized spacial score (nSPS) is 11.3. The lowest BCUT2D eigenvalue weighted by atomic mass is 9.83. The minimum atomic E-state index is 0.306. The molecule has 0 spiro atoms. The standard InChI is InChI=1S/C52H38/c1-4-17-39(18-5-1)44-25-10-11-26-45(44)52-48-29-14-12-27-46(48)51(47-28-13-15-30-49(47)52)43-24-16-23-42(36-43)38-33-31-37(32-34-38)35-50(40-19-6-2-7-20-40)41-21-8-3-9-22-41/h1-34,36,50H,35H2. The molecule has 52 heavy (non-hydrogen) atoms. The number of fused-ring (bicyclic) bond motifs is 2. The summed E-state index contributed by atoms with van der Waals surface area (Å²) in [6.45, 7) is 0. The van der Waals surface area contributed by atoms with Gasteiger partial charge in [-0.2, -0.15) is 0 Å². The molecule has 0 aliphatic carbocycles. The van der Waals surface area contributed by atoms with E-state index in [0.717, 1.165) is 6.42 Å². The van der Waals surface area contributed by atoms with Crippen LogP contribution in [0.15, 0.2) is 212 Å². The average molecular weight is 663 g/mol. The largest absolute Gasteiger partial charge is 0.0622 e. The molecule has 0 atom stereocenters. The number of hydrogen-bond donors (Lipinski definition) is 0. The molecule has 0 fully saturated rings. The van der Waals surface area contributed by atoms with E-state index in [4.69, 9.17) is 0 Å². The molecule has 0 aromatic heterocycles. The highest BCUT2D eigenvalue weighted by atomic mass is 14.2. The molecule has 0 saturated heterocycles. The topological polar surface area (TPSA) is 0 Å². The highest BCUT2D eigenvalue weighted by Gasteiger charge is 2.19. The van der Waals surface area contributed by atoms with Crippen molar-refractivity contribution in [3.8, 4) is 44.5 Å². The summed E-state index contributed by atoms with van der Waals surface area (Å²) in [7, 11) is 0. The van der Waals surface area contributed by atoms with Gasteiger partial charge in [0.15, 0.2) is 0 Å². The van der Waals surface area contributed by atoms with Crippen LogP contribution >= 0.6 is 0 Å². The maximum atomic E-state index is 2.37. The van der Waals surface area contributed by atoms with E-state index in [2.05, 4.69) is 212 Å². The highest BCUT2D eigenvalue weighted by molar-refractivity contribution is 6.22. The van der Waals surface area contributed by atoms with Crippen LogP contribution < -0.4 is 0 Å². The Morgan fingerprint density at radius 1 is 0.288 bits per heavy atom. The molecule has 0 heteroatoms.